The summed E-state index contributed by atoms with van der Waals surface area (Å²) in [6, 6.07) is 5.02. The first-order valence-corrected chi connectivity index (χ1v) is 5.44. The summed E-state index contributed by atoms with van der Waals surface area (Å²) in [5.41, 5.74) is 6.42. The second-order valence-electron chi connectivity index (χ2n) is 3.41. The van der Waals surface area contributed by atoms with Crippen molar-refractivity contribution in [3.63, 3.8) is 0 Å². The number of primary amides is 1. The third-order valence-electron chi connectivity index (χ3n) is 1.97. The Bertz CT molecular complexity index is 435. The second kappa shape index (κ2) is 6.10. The molecule has 3 N–H and O–H groups in total. The van der Waals surface area contributed by atoms with Crippen molar-refractivity contribution in [3.05, 3.63) is 23.8 Å². The maximum Gasteiger partial charge on any atom is 0.255 e. The Morgan fingerprint density at radius 3 is 2.71 bits per heavy atom. The third kappa shape index (κ3) is 4.32. The van der Waals surface area contributed by atoms with Gasteiger partial charge in [-0.05, 0) is 30.7 Å². The highest BCUT2D eigenvalue weighted by Crippen LogP contribution is 2.21. The lowest BCUT2D eigenvalue weighted by molar-refractivity contribution is -0.120. The van der Waals surface area contributed by atoms with E-state index >= 15 is 0 Å². The van der Waals surface area contributed by atoms with Crippen molar-refractivity contribution in [2.24, 2.45) is 5.73 Å². The summed E-state index contributed by atoms with van der Waals surface area (Å²) in [6.07, 6.45) is 0. The number of hydrogen-bond donors (Lipinski definition) is 2. The smallest absolute Gasteiger partial charge is 0.255 e. The van der Waals surface area contributed by atoms with E-state index in [1.165, 1.54) is 0 Å². The number of alkyl halides is 1. The highest BCUT2D eigenvalue weighted by atomic mass is 35.5. The molecule has 0 heterocycles. The van der Waals surface area contributed by atoms with Gasteiger partial charge < -0.3 is 15.8 Å². The fourth-order valence-electron chi connectivity index (χ4n) is 1.20. The highest BCUT2D eigenvalue weighted by Gasteiger charge is 2.05. The first kappa shape index (κ1) is 13.3. The summed E-state index contributed by atoms with van der Waals surface area (Å²) >= 11 is 5.38. The molecule has 6 heteroatoms. The van der Waals surface area contributed by atoms with E-state index in [4.69, 9.17) is 22.1 Å². The minimum absolute atomic E-state index is 0.0979. The molecule has 0 saturated carbocycles. The van der Waals surface area contributed by atoms with Crippen LogP contribution in [-0.4, -0.2) is 24.3 Å². The van der Waals surface area contributed by atoms with Gasteiger partial charge >= 0.3 is 0 Å². The van der Waals surface area contributed by atoms with Gasteiger partial charge in [-0.1, -0.05) is 0 Å². The monoisotopic (exact) mass is 256 g/mol. The standard InChI is InChI=1S/C11H13ClN2O3/c1-7-4-8(17-6-10(13)15)2-3-9(7)14-11(16)5-12/h2-4H,5-6H2,1H3,(H2,13,15)(H,14,16). The van der Waals surface area contributed by atoms with Crippen LogP contribution in [0.5, 0.6) is 5.75 Å². The number of hydrogen-bond acceptors (Lipinski definition) is 3. The lowest BCUT2D eigenvalue weighted by Crippen LogP contribution is -2.20. The van der Waals surface area contributed by atoms with E-state index in [2.05, 4.69) is 5.32 Å². The number of nitrogens with one attached hydrogen (secondary N) is 1. The van der Waals surface area contributed by atoms with Crippen LogP contribution in [0.1, 0.15) is 5.56 Å². The van der Waals surface area contributed by atoms with Crippen LogP contribution in [-0.2, 0) is 9.59 Å². The Hall–Kier alpha value is -1.75. The molecule has 1 aromatic carbocycles. The normalized spacial score (nSPS) is 9.76. The second-order valence-corrected chi connectivity index (χ2v) is 3.68. The molecular weight excluding hydrogens is 244 g/mol. The van der Waals surface area contributed by atoms with Gasteiger partial charge in [-0.2, -0.15) is 0 Å². The molecule has 5 nitrogen and oxygen atoms in total. The van der Waals surface area contributed by atoms with Crippen LogP contribution in [0.15, 0.2) is 18.2 Å². The summed E-state index contributed by atoms with van der Waals surface area (Å²) in [5.74, 6) is -0.396. The van der Waals surface area contributed by atoms with Crippen molar-refractivity contribution in [2.75, 3.05) is 17.8 Å². The van der Waals surface area contributed by atoms with Gasteiger partial charge in [0.2, 0.25) is 5.91 Å². The Balaban J connectivity index is 2.72. The van der Waals surface area contributed by atoms with Crippen molar-refractivity contribution in [3.8, 4) is 5.75 Å². The Kier molecular flexibility index (Phi) is 4.78. The lowest BCUT2D eigenvalue weighted by Gasteiger charge is -2.09. The largest absolute Gasteiger partial charge is 0.484 e. The molecule has 2 amide bonds. The Morgan fingerprint density at radius 2 is 2.18 bits per heavy atom. The van der Waals surface area contributed by atoms with E-state index in [1.54, 1.807) is 25.1 Å². The molecule has 0 unspecified atom stereocenters. The number of ether oxygens (including phenoxy) is 1. The van der Waals surface area contributed by atoms with Crippen LogP contribution >= 0.6 is 11.6 Å². The zero-order valence-electron chi connectivity index (χ0n) is 9.33. The van der Waals surface area contributed by atoms with Crippen LogP contribution in [0, 0.1) is 6.92 Å². The third-order valence-corrected chi connectivity index (χ3v) is 2.22. The topological polar surface area (TPSA) is 81.4 Å². The Labute approximate surface area is 104 Å². The average Bonchev–Trinajstić information content (AvgIpc) is 2.29. The predicted octanol–water partition coefficient (Wildman–Crippen LogP) is 1.04. The maximum atomic E-state index is 11.1. The maximum absolute atomic E-state index is 11.1. The van der Waals surface area contributed by atoms with Crippen molar-refractivity contribution >= 4 is 29.1 Å². The van der Waals surface area contributed by atoms with E-state index < -0.39 is 5.91 Å². The van der Waals surface area contributed by atoms with Gasteiger partial charge in [0, 0.05) is 5.69 Å². The number of amides is 2. The van der Waals surface area contributed by atoms with Gasteiger partial charge in [0.15, 0.2) is 6.61 Å². The minimum Gasteiger partial charge on any atom is -0.484 e. The molecule has 0 fully saturated rings. The van der Waals surface area contributed by atoms with Gasteiger partial charge in [0.25, 0.3) is 5.91 Å². The van der Waals surface area contributed by atoms with E-state index in [-0.39, 0.29) is 18.4 Å². The quantitative estimate of drug-likeness (QED) is 0.772. The molecule has 0 aliphatic rings. The number of nitrogens with two attached hydrogens (primary N) is 1. The van der Waals surface area contributed by atoms with E-state index in [9.17, 15) is 9.59 Å². The van der Waals surface area contributed by atoms with Gasteiger partial charge in [-0.25, -0.2) is 0 Å². The zero-order chi connectivity index (χ0) is 12.8. The van der Waals surface area contributed by atoms with E-state index in [0.29, 0.717) is 11.4 Å². The number of benzene rings is 1. The molecule has 17 heavy (non-hydrogen) atoms. The molecule has 0 aliphatic carbocycles. The Morgan fingerprint density at radius 1 is 1.47 bits per heavy atom. The van der Waals surface area contributed by atoms with Crippen LogP contribution < -0.4 is 15.8 Å². The predicted molar refractivity (Wildman–Crippen MR) is 65.2 cm³/mol. The fraction of sp³-hybridized carbons (Fsp3) is 0.273. The van der Waals surface area contributed by atoms with Crippen molar-refractivity contribution in [1.29, 1.82) is 0 Å². The molecule has 92 valence electrons. The first-order valence-electron chi connectivity index (χ1n) is 4.90. The lowest BCUT2D eigenvalue weighted by atomic mass is 10.2. The minimum atomic E-state index is -0.540. The number of carbonyl (C=O) groups is 2. The van der Waals surface area contributed by atoms with Gasteiger partial charge in [0.1, 0.15) is 11.6 Å². The molecule has 0 atom stereocenters. The molecule has 0 saturated heterocycles. The number of halogens is 1. The highest BCUT2D eigenvalue weighted by molar-refractivity contribution is 6.29. The summed E-state index contributed by atoms with van der Waals surface area (Å²) in [6.45, 7) is 1.63. The number of anilines is 1. The van der Waals surface area contributed by atoms with Gasteiger partial charge in [-0.3, -0.25) is 9.59 Å². The fourth-order valence-corrected chi connectivity index (χ4v) is 1.27. The van der Waals surface area contributed by atoms with Crippen LogP contribution in [0.4, 0.5) is 5.69 Å². The molecule has 0 aliphatic heterocycles. The molecule has 0 spiro atoms. The van der Waals surface area contributed by atoms with E-state index in [0.717, 1.165) is 5.56 Å². The average molecular weight is 257 g/mol. The van der Waals surface area contributed by atoms with Gasteiger partial charge in [-0.15, -0.1) is 11.6 Å². The number of rotatable bonds is 5. The van der Waals surface area contributed by atoms with Crippen molar-refractivity contribution in [2.45, 2.75) is 6.92 Å². The van der Waals surface area contributed by atoms with Crippen molar-refractivity contribution in [1.82, 2.24) is 0 Å². The van der Waals surface area contributed by atoms with Crippen molar-refractivity contribution < 1.29 is 14.3 Å². The molecule has 1 rings (SSSR count). The summed E-state index contributed by atoms with van der Waals surface area (Å²) in [7, 11) is 0. The molecule has 0 aromatic heterocycles. The SMILES string of the molecule is Cc1cc(OCC(N)=O)ccc1NC(=O)CCl. The zero-order valence-corrected chi connectivity index (χ0v) is 10.1. The number of carbonyl (C=O) groups excluding carboxylic acids is 2. The van der Waals surface area contributed by atoms with Crippen LogP contribution in [0.2, 0.25) is 0 Å². The summed E-state index contributed by atoms with van der Waals surface area (Å²) in [5, 5.41) is 2.63. The van der Waals surface area contributed by atoms with Crippen LogP contribution in [0.3, 0.4) is 0 Å². The van der Waals surface area contributed by atoms with Crippen LogP contribution in [0.25, 0.3) is 0 Å². The molecular formula is C11H13ClN2O3. The first-order chi connectivity index (χ1) is 8.02. The summed E-state index contributed by atoms with van der Waals surface area (Å²) < 4.78 is 5.12. The molecule has 0 radical (unpaired) electrons. The molecule has 0 bridgehead atoms. The van der Waals surface area contributed by atoms with Gasteiger partial charge in [0.05, 0.1) is 0 Å². The summed E-state index contributed by atoms with van der Waals surface area (Å²) in [4.78, 5) is 21.6. The number of aryl methyl sites for hydroxylation is 1. The van der Waals surface area contributed by atoms with E-state index in [1.807, 2.05) is 0 Å². The molecule has 1 aromatic rings.